The Morgan fingerprint density at radius 3 is 2.78 bits per heavy atom. The molecule has 140 valence electrons. The van der Waals surface area contributed by atoms with Crippen LogP contribution in [0.4, 0.5) is 0 Å². The second-order valence-corrected chi connectivity index (χ2v) is 7.38. The zero-order valence-electron chi connectivity index (χ0n) is 15.7. The highest BCUT2D eigenvalue weighted by atomic mass is 32.1. The summed E-state index contributed by atoms with van der Waals surface area (Å²) < 4.78 is 8.28. The predicted molar refractivity (Wildman–Crippen MR) is 108 cm³/mol. The maximum Gasteiger partial charge on any atom is 0.331 e. The van der Waals surface area contributed by atoms with Crippen LogP contribution in [0.2, 0.25) is 0 Å². The van der Waals surface area contributed by atoms with Crippen molar-refractivity contribution in [1.29, 1.82) is 0 Å². The molecule has 2 aromatic heterocycles. The Labute approximate surface area is 162 Å². The topological polar surface area (TPSA) is 61.2 Å². The Balaban J connectivity index is 1.60. The van der Waals surface area contributed by atoms with Gasteiger partial charge in [-0.25, -0.2) is 9.78 Å². The van der Waals surface area contributed by atoms with E-state index in [0.29, 0.717) is 5.56 Å². The summed E-state index contributed by atoms with van der Waals surface area (Å²) in [5.41, 5.74) is 3.47. The Morgan fingerprint density at radius 2 is 2.04 bits per heavy atom. The normalized spacial score (nSPS) is 11.4. The molecule has 0 aliphatic carbocycles. The van der Waals surface area contributed by atoms with Gasteiger partial charge >= 0.3 is 5.97 Å². The summed E-state index contributed by atoms with van der Waals surface area (Å²) in [6, 6.07) is 9.64. The summed E-state index contributed by atoms with van der Waals surface area (Å²) in [5.74, 6) is -0.739. The standard InChI is InChI=1S/C21H22N2O3S/c1-4-11-23-14(2)12-16(15(23)3)18(24)13-26-21(25)10-9-20-22-17-7-5-6-8-19(17)27-20/h5-10,12H,4,11,13H2,1-3H3/b10-9+. The van der Waals surface area contributed by atoms with Crippen molar-refractivity contribution >= 4 is 39.4 Å². The third kappa shape index (κ3) is 4.34. The van der Waals surface area contributed by atoms with Gasteiger partial charge in [-0.2, -0.15) is 0 Å². The fourth-order valence-corrected chi connectivity index (χ4v) is 3.88. The molecule has 2 heterocycles. The molecule has 0 unspecified atom stereocenters. The number of hydrogen-bond donors (Lipinski definition) is 0. The van der Waals surface area contributed by atoms with Gasteiger partial charge < -0.3 is 9.30 Å². The average molecular weight is 382 g/mol. The largest absolute Gasteiger partial charge is 0.454 e. The minimum atomic E-state index is -0.551. The van der Waals surface area contributed by atoms with Gasteiger partial charge in [0.2, 0.25) is 5.78 Å². The lowest BCUT2D eigenvalue weighted by Gasteiger charge is -2.07. The number of thiazole rings is 1. The van der Waals surface area contributed by atoms with E-state index < -0.39 is 5.97 Å². The molecule has 27 heavy (non-hydrogen) atoms. The van der Waals surface area contributed by atoms with Crippen LogP contribution >= 0.6 is 11.3 Å². The number of para-hydroxylation sites is 1. The number of hydrogen-bond acceptors (Lipinski definition) is 5. The smallest absolute Gasteiger partial charge is 0.331 e. The Bertz CT molecular complexity index is 981. The van der Waals surface area contributed by atoms with Crippen LogP contribution in [0.25, 0.3) is 16.3 Å². The van der Waals surface area contributed by atoms with E-state index in [4.69, 9.17) is 4.74 Å². The first-order chi connectivity index (χ1) is 13.0. The van der Waals surface area contributed by atoms with Crippen molar-refractivity contribution in [2.45, 2.75) is 33.7 Å². The number of nitrogens with zero attached hydrogens (tertiary/aromatic N) is 2. The number of carbonyl (C=O) groups excluding carboxylic acids is 2. The lowest BCUT2D eigenvalue weighted by Crippen LogP contribution is -2.13. The average Bonchev–Trinajstić information content (AvgIpc) is 3.20. The molecule has 0 aliphatic heterocycles. The van der Waals surface area contributed by atoms with E-state index in [1.54, 1.807) is 6.08 Å². The fourth-order valence-electron chi connectivity index (χ4n) is 3.01. The highest BCUT2D eigenvalue weighted by Gasteiger charge is 2.16. The molecule has 3 aromatic rings. The summed E-state index contributed by atoms with van der Waals surface area (Å²) in [6.45, 7) is 6.60. The zero-order valence-corrected chi connectivity index (χ0v) is 16.5. The van der Waals surface area contributed by atoms with Crippen molar-refractivity contribution in [3.05, 3.63) is 58.4 Å². The first-order valence-electron chi connectivity index (χ1n) is 8.90. The van der Waals surface area contributed by atoms with E-state index in [9.17, 15) is 9.59 Å². The van der Waals surface area contributed by atoms with Gasteiger partial charge in [0.15, 0.2) is 6.61 Å². The molecule has 0 spiro atoms. The van der Waals surface area contributed by atoms with E-state index in [1.165, 1.54) is 17.4 Å². The van der Waals surface area contributed by atoms with Gasteiger partial charge in [0.25, 0.3) is 0 Å². The van der Waals surface area contributed by atoms with Gasteiger partial charge in [0, 0.05) is 29.6 Å². The number of esters is 1. The number of benzene rings is 1. The second kappa shape index (κ2) is 8.31. The molecule has 1 aromatic carbocycles. The Morgan fingerprint density at radius 1 is 1.26 bits per heavy atom. The Kier molecular flexibility index (Phi) is 5.86. The highest BCUT2D eigenvalue weighted by Crippen LogP contribution is 2.22. The van der Waals surface area contributed by atoms with Crippen LogP contribution in [-0.2, 0) is 16.1 Å². The first-order valence-corrected chi connectivity index (χ1v) is 9.71. The molecule has 3 rings (SSSR count). The van der Waals surface area contributed by atoms with Crippen molar-refractivity contribution in [2.75, 3.05) is 6.61 Å². The molecule has 0 bridgehead atoms. The zero-order chi connectivity index (χ0) is 19.4. The first kappa shape index (κ1) is 19.0. The van der Waals surface area contributed by atoms with E-state index in [0.717, 1.165) is 39.6 Å². The van der Waals surface area contributed by atoms with E-state index in [1.807, 2.05) is 44.2 Å². The van der Waals surface area contributed by atoms with Gasteiger partial charge in [-0.1, -0.05) is 19.1 Å². The van der Waals surface area contributed by atoms with Gasteiger partial charge in [-0.3, -0.25) is 4.79 Å². The van der Waals surface area contributed by atoms with E-state index >= 15 is 0 Å². The monoisotopic (exact) mass is 382 g/mol. The lowest BCUT2D eigenvalue weighted by molar-refractivity contribution is -0.136. The minimum Gasteiger partial charge on any atom is -0.454 e. The van der Waals surface area contributed by atoms with Crippen LogP contribution < -0.4 is 0 Å². The van der Waals surface area contributed by atoms with Crippen molar-refractivity contribution in [1.82, 2.24) is 9.55 Å². The molecule has 0 amide bonds. The van der Waals surface area contributed by atoms with Crippen LogP contribution in [0.1, 0.15) is 40.1 Å². The molecule has 0 saturated carbocycles. The fraction of sp³-hybridized carbons (Fsp3) is 0.286. The SMILES string of the molecule is CCCn1c(C)cc(C(=O)COC(=O)/C=C/c2nc3ccccc3s2)c1C. The van der Waals surface area contributed by atoms with Crippen LogP contribution in [0.5, 0.6) is 0 Å². The quantitative estimate of drug-likeness (QED) is 0.341. The summed E-state index contributed by atoms with van der Waals surface area (Å²) >= 11 is 1.50. The number of aromatic nitrogens is 2. The van der Waals surface area contributed by atoms with Crippen molar-refractivity contribution < 1.29 is 14.3 Å². The maximum atomic E-state index is 12.4. The van der Waals surface area contributed by atoms with Gasteiger partial charge in [-0.15, -0.1) is 11.3 Å². The van der Waals surface area contributed by atoms with Gasteiger partial charge in [0.05, 0.1) is 10.2 Å². The van der Waals surface area contributed by atoms with Crippen LogP contribution in [0.15, 0.2) is 36.4 Å². The number of rotatable bonds is 7. The van der Waals surface area contributed by atoms with Crippen LogP contribution in [-0.4, -0.2) is 27.9 Å². The maximum absolute atomic E-state index is 12.4. The Hall–Kier alpha value is -2.73. The molecule has 6 heteroatoms. The van der Waals surface area contributed by atoms with Crippen LogP contribution in [0, 0.1) is 13.8 Å². The minimum absolute atomic E-state index is 0.188. The molecular weight excluding hydrogens is 360 g/mol. The third-order valence-corrected chi connectivity index (χ3v) is 5.34. The number of ketones is 1. The van der Waals surface area contributed by atoms with Crippen LogP contribution in [0.3, 0.4) is 0 Å². The van der Waals surface area contributed by atoms with Crippen molar-refractivity contribution in [3.8, 4) is 0 Å². The van der Waals surface area contributed by atoms with E-state index in [2.05, 4.69) is 16.5 Å². The van der Waals surface area contributed by atoms with Gasteiger partial charge in [0.1, 0.15) is 5.01 Å². The summed E-state index contributed by atoms with van der Waals surface area (Å²) in [6.07, 6.45) is 3.92. The molecule has 0 aliphatic rings. The number of carbonyl (C=O) groups is 2. The molecule has 0 N–H and O–H groups in total. The molecule has 5 nitrogen and oxygen atoms in total. The number of ether oxygens (including phenoxy) is 1. The predicted octanol–water partition coefficient (Wildman–Crippen LogP) is 4.56. The van der Waals surface area contributed by atoms with E-state index in [-0.39, 0.29) is 12.4 Å². The molecule has 0 atom stereocenters. The number of fused-ring (bicyclic) bond motifs is 1. The third-order valence-electron chi connectivity index (χ3n) is 4.34. The second-order valence-electron chi connectivity index (χ2n) is 6.32. The molecular formula is C21H22N2O3S. The molecule has 0 fully saturated rings. The van der Waals surface area contributed by atoms with Crippen molar-refractivity contribution in [2.24, 2.45) is 0 Å². The number of Topliss-reactive ketones (excluding diaryl/α,β-unsaturated/α-hetero) is 1. The summed E-state index contributed by atoms with van der Waals surface area (Å²) in [4.78, 5) is 28.8. The van der Waals surface area contributed by atoms with Crippen molar-refractivity contribution in [3.63, 3.8) is 0 Å². The lowest BCUT2D eigenvalue weighted by atomic mass is 10.1. The highest BCUT2D eigenvalue weighted by molar-refractivity contribution is 7.19. The number of aryl methyl sites for hydroxylation is 1. The molecule has 0 radical (unpaired) electrons. The summed E-state index contributed by atoms with van der Waals surface area (Å²) in [7, 11) is 0. The van der Waals surface area contributed by atoms with Gasteiger partial charge in [-0.05, 0) is 44.5 Å². The molecule has 0 saturated heterocycles. The summed E-state index contributed by atoms with van der Waals surface area (Å²) in [5, 5.41) is 0.725.